The lowest BCUT2D eigenvalue weighted by molar-refractivity contribution is -0.384. The fourth-order valence-corrected chi connectivity index (χ4v) is 1.38. The molecule has 7 heteroatoms. The van der Waals surface area contributed by atoms with Crippen LogP contribution in [0.15, 0.2) is 12.1 Å². The number of nitrogens with zero attached hydrogens (tertiary/aromatic N) is 2. The molecule has 1 amide bonds. The number of halogens is 2. The zero-order chi connectivity index (χ0) is 11.6. The van der Waals surface area contributed by atoms with Crippen LogP contribution in [0.4, 0.5) is 5.69 Å². The molecule has 0 spiro atoms. The van der Waals surface area contributed by atoms with Gasteiger partial charge in [0.05, 0.1) is 16.5 Å². The summed E-state index contributed by atoms with van der Waals surface area (Å²) in [5, 5.41) is 9.83. The second-order valence-corrected chi connectivity index (χ2v) is 3.19. The SMILES string of the molecule is [C-]#[N+]C(=O)c1ccc([N+](=O)[O-])c(Cl)c1Cl. The van der Waals surface area contributed by atoms with Crippen molar-refractivity contribution in [3.05, 3.63) is 49.3 Å². The molecule has 0 radical (unpaired) electrons. The first-order valence-corrected chi connectivity index (χ1v) is 4.28. The number of benzene rings is 1. The van der Waals surface area contributed by atoms with Gasteiger partial charge in [0.15, 0.2) is 0 Å². The lowest BCUT2D eigenvalue weighted by atomic mass is 10.2. The summed E-state index contributed by atoms with van der Waals surface area (Å²) in [5.41, 5.74) is -0.537. The van der Waals surface area contributed by atoms with Gasteiger partial charge in [-0.05, 0) is 0 Å². The first kappa shape index (κ1) is 11.4. The standard InChI is InChI=1S/C8H2Cl2N2O3/c1-11-8(13)4-2-3-5(12(14)15)7(10)6(4)9/h2-3H. The van der Waals surface area contributed by atoms with Crippen LogP contribution in [0, 0.1) is 16.7 Å². The van der Waals surface area contributed by atoms with Crippen LogP contribution in [0.1, 0.15) is 10.4 Å². The van der Waals surface area contributed by atoms with Crippen molar-refractivity contribution >= 4 is 34.8 Å². The van der Waals surface area contributed by atoms with Crippen LogP contribution < -0.4 is 0 Å². The molecule has 0 saturated carbocycles. The summed E-state index contributed by atoms with van der Waals surface area (Å²) in [5.74, 6) is -0.906. The van der Waals surface area contributed by atoms with E-state index in [1.165, 1.54) is 0 Å². The minimum Gasteiger partial charge on any atom is -0.310 e. The molecule has 1 aromatic rings. The van der Waals surface area contributed by atoms with Gasteiger partial charge in [-0.3, -0.25) is 10.1 Å². The number of nitro benzene ring substituents is 1. The highest BCUT2D eigenvalue weighted by Crippen LogP contribution is 2.34. The third-order valence-electron chi connectivity index (χ3n) is 1.59. The summed E-state index contributed by atoms with van der Waals surface area (Å²) in [6, 6.07) is 2.14. The van der Waals surface area contributed by atoms with Gasteiger partial charge in [-0.25, -0.2) is 0 Å². The van der Waals surface area contributed by atoms with E-state index in [9.17, 15) is 14.9 Å². The van der Waals surface area contributed by atoms with Gasteiger partial charge in [0.2, 0.25) is 0 Å². The number of carbonyl (C=O) groups excluding carboxylic acids is 1. The fourth-order valence-electron chi connectivity index (χ4n) is 0.906. The smallest absolute Gasteiger partial charge is 0.310 e. The molecular weight excluding hydrogens is 243 g/mol. The van der Waals surface area contributed by atoms with E-state index in [0.717, 1.165) is 12.1 Å². The molecule has 0 fully saturated rings. The minimum atomic E-state index is -0.906. The lowest BCUT2D eigenvalue weighted by Crippen LogP contribution is -1.97. The Morgan fingerprint density at radius 3 is 2.47 bits per heavy atom. The van der Waals surface area contributed by atoms with Crippen LogP contribution >= 0.6 is 23.2 Å². The quantitative estimate of drug-likeness (QED) is 0.457. The van der Waals surface area contributed by atoms with Crippen molar-refractivity contribution in [2.24, 2.45) is 0 Å². The van der Waals surface area contributed by atoms with E-state index < -0.39 is 16.5 Å². The highest BCUT2D eigenvalue weighted by atomic mass is 35.5. The number of rotatable bonds is 2. The Balaban J connectivity index is 3.41. The van der Waals surface area contributed by atoms with E-state index in [4.69, 9.17) is 29.8 Å². The van der Waals surface area contributed by atoms with Crippen molar-refractivity contribution in [2.45, 2.75) is 0 Å². The Hall–Kier alpha value is -1.64. The average Bonchev–Trinajstić information content (AvgIpc) is 2.20. The predicted molar refractivity (Wildman–Crippen MR) is 54.0 cm³/mol. The molecule has 15 heavy (non-hydrogen) atoms. The zero-order valence-corrected chi connectivity index (χ0v) is 8.54. The minimum absolute atomic E-state index is 0.137. The summed E-state index contributed by atoms with van der Waals surface area (Å²) < 4.78 is 0. The van der Waals surface area contributed by atoms with Crippen LogP contribution in [0.3, 0.4) is 0 Å². The molecule has 1 aromatic carbocycles. The lowest BCUT2D eigenvalue weighted by Gasteiger charge is -2.01. The van der Waals surface area contributed by atoms with Crippen molar-refractivity contribution in [1.82, 2.24) is 0 Å². The number of hydrogen-bond donors (Lipinski definition) is 0. The molecule has 0 aliphatic rings. The second-order valence-electron chi connectivity index (χ2n) is 2.43. The third kappa shape index (κ3) is 2.06. The first-order chi connectivity index (χ1) is 6.99. The van der Waals surface area contributed by atoms with E-state index >= 15 is 0 Å². The first-order valence-electron chi connectivity index (χ1n) is 3.53. The summed E-state index contributed by atoms with van der Waals surface area (Å²) in [4.78, 5) is 23.4. The Labute approximate surface area is 94.2 Å². The molecule has 0 saturated heterocycles. The molecule has 5 nitrogen and oxygen atoms in total. The summed E-state index contributed by atoms with van der Waals surface area (Å²) in [6.07, 6.45) is 0. The molecule has 76 valence electrons. The van der Waals surface area contributed by atoms with Gasteiger partial charge < -0.3 is 4.79 Å². The van der Waals surface area contributed by atoms with Crippen LogP contribution in [0.25, 0.3) is 4.85 Å². The van der Waals surface area contributed by atoms with Crippen LogP contribution in [-0.4, -0.2) is 10.8 Å². The monoisotopic (exact) mass is 244 g/mol. The number of hydrogen-bond acceptors (Lipinski definition) is 3. The van der Waals surface area contributed by atoms with Gasteiger partial charge in [-0.2, -0.15) is 4.85 Å². The zero-order valence-electron chi connectivity index (χ0n) is 7.03. The van der Waals surface area contributed by atoms with E-state index in [2.05, 4.69) is 4.85 Å². The Morgan fingerprint density at radius 1 is 1.40 bits per heavy atom. The van der Waals surface area contributed by atoms with Gasteiger partial charge >= 0.3 is 5.91 Å². The highest BCUT2D eigenvalue weighted by molar-refractivity contribution is 6.45. The van der Waals surface area contributed by atoms with Gasteiger partial charge in [0.25, 0.3) is 5.69 Å². The number of carbonyl (C=O) groups is 1. The normalized spacial score (nSPS) is 9.40. The Bertz CT molecular complexity index is 493. The van der Waals surface area contributed by atoms with Crippen LogP contribution in [0.5, 0.6) is 0 Å². The number of nitro groups is 1. The molecule has 0 N–H and O–H groups in total. The number of amides is 1. The molecule has 0 bridgehead atoms. The van der Waals surface area contributed by atoms with Crippen molar-refractivity contribution in [3.63, 3.8) is 0 Å². The molecule has 0 heterocycles. The summed E-state index contributed by atoms with van der Waals surface area (Å²) >= 11 is 11.2. The maximum Gasteiger partial charge on any atom is 0.387 e. The summed E-state index contributed by atoms with van der Waals surface area (Å²) in [6.45, 7) is 6.49. The maximum absolute atomic E-state index is 11.0. The largest absolute Gasteiger partial charge is 0.387 e. The van der Waals surface area contributed by atoms with E-state index in [-0.39, 0.29) is 15.6 Å². The van der Waals surface area contributed by atoms with Crippen molar-refractivity contribution in [1.29, 1.82) is 0 Å². The topological polar surface area (TPSA) is 64.6 Å². The van der Waals surface area contributed by atoms with Crippen molar-refractivity contribution < 1.29 is 9.72 Å². The van der Waals surface area contributed by atoms with Gasteiger partial charge in [-0.15, -0.1) is 0 Å². The van der Waals surface area contributed by atoms with Crippen LogP contribution in [0.2, 0.25) is 10.0 Å². The van der Waals surface area contributed by atoms with Crippen LogP contribution in [-0.2, 0) is 0 Å². The Kier molecular flexibility index (Phi) is 3.24. The van der Waals surface area contributed by atoms with E-state index in [0.29, 0.717) is 0 Å². The molecule has 0 aromatic heterocycles. The molecule has 0 unspecified atom stereocenters. The van der Waals surface area contributed by atoms with E-state index in [1.54, 1.807) is 0 Å². The van der Waals surface area contributed by atoms with Gasteiger partial charge in [0.1, 0.15) is 5.02 Å². The maximum atomic E-state index is 11.0. The third-order valence-corrected chi connectivity index (χ3v) is 2.46. The molecule has 0 aliphatic heterocycles. The molecule has 1 rings (SSSR count). The molecule has 0 aliphatic carbocycles. The van der Waals surface area contributed by atoms with Gasteiger partial charge in [0, 0.05) is 11.6 Å². The predicted octanol–water partition coefficient (Wildman–Crippen LogP) is 2.96. The van der Waals surface area contributed by atoms with Crippen molar-refractivity contribution in [3.8, 4) is 0 Å². The Morgan fingerprint density at radius 2 is 2.00 bits per heavy atom. The van der Waals surface area contributed by atoms with E-state index in [1.807, 2.05) is 0 Å². The second kappa shape index (κ2) is 4.26. The van der Waals surface area contributed by atoms with Crippen molar-refractivity contribution in [2.75, 3.05) is 0 Å². The fraction of sp³-hybridized carbons (Fsp3) is 0. The average molecular weight is 245 g/mol. The highest BCUT2D eigenvalue weighted by Gasteiger charge is 2.21. The molecular formula is C8H2Cl2N2O3. The summed E-state index contributed by atoms with van der Waals surface area (Å²) in [7, 11) is 0. The van der Waals surface area contributed by atoms with Gasteiger partial charge in [-0.1, -0.05) is 29.3 Å². The molecule has 0 atom stereocenters.